The minimum Gasteiger partial charge on any atom is -0.478 e. The number of aryl methyl sites for hydroxylation is 1. The number of carbonyl (C=O) groups excluding carboxylic acids is 1. The van der Waals surface area contributed by atoms with Crippen molar-refractivity contribution in [1.82, 2.24) is 9.88 Å². The molecule has 1 aromatic heterocycles. The van der Waals surface area contributed by atoms with E-state index in [1.54, 1.807) is 12.1 Å². The van der Waals surface area contributed by atoms with Gasteiger partial charge in [-0.15, -0.1) is 0 Å². The molecule has 0 radical (unpaired) electrons. The summed E-state index contributed by atoms with van der Waals surface area (Å²) in [7, 11) is 0. The molecule has 0 bridgehead atoms. The third kappa shape index (κ3) is 6.13. The van der Waals surface area contributed by atoms with Crippen LogP contribution in [-0.2, 0) is 11.3 Å². The number of benzene rings is 3. The van der Waals surface area contributed by atoms with Crippen molar-refractivity contribution in [2.45, 2.75) is 72.1 Å². The molecule has 2 N–H and O–H groups in total. The maximum atomic E-state index is 13.3. The lowest BCUT2D eigenvalue weighted by molar-refractivity contribution is -0.146. The van der Waals surface area contributed by atoms with Gasteiger partial charge in [-0.05, 0) is 98.2 Å². The standard InChI is InChI=1S/C34H37ClN2O4/c1-19(2)24-7-6-8-25(15-24)21(4)36-33(38)26-11-14-31-29(17-26)20(3)22(5)37(31)18-27-16-28(12-13-30(27)35)41-32(34(39)40)23-9-10-23/h6-8,11-17,19,21,23,32H,9-10,18H2,1-5H3,(H,36,38)(H,39,40)/t21-,32+/m0/s1. The van der Waals surface area contributed by atoms with Gasteiger partial charge in [-0.2, -0.15) is 0 Å². The van der Waals surface area contributed by atoms with Crippen LogP contribution in [0.25, 0.3) is 10.9 Å². The first-order chi connectivity index (χ1) is 19.5. The predicted molar refractivity (Wildman–Crippen MR) is 163 cm³/mol. The molecule has 1 amide bonds. The molecule has 0 saturated heterocycles. The summed E-state index contributed by atoms with van der Waals surface area (Å²) in [6, 6.07) is 19.3. The van der Waals surface area contributed by atoms with Crippen molar-refractivity contribution in [3.63, 3.8) is 0 Å². The van der Waals surface area contributed by atoms with Gasteiger partial charge in [-0.25, -0.2) is 4.79 Å². The van der Waals surface area contributed by atoms with E-state index in [0.29, 0.717) is 28.8 Å². The van der Waals surface area contributed by atoms with E-state index in [1.165, 1.54) is 5.56 Å². The molecule has 4 aromatic rings. The highest BCUT2D eigenvalue weighted by molar-refractivity contribution is 6.31. The topological polar surface area (TPSA) is 80.6 Å². The van der Waals surface area contributed by atoms with E-state index in [4.69, 9.17) is 16.3 Å². The van der Waals surface area contributed by atoms with Crippen molar-refractivity contribution >= 4 is 34.4 Å². The van der Waals surface area contributed by atoms with Crippen LogP contribution in [-0.4, -0.2) is 27.7 Å². The van der Waals surface area contributed by atoms with Gasteiger partial charge in [-0.1, -0.05) is 49.7 Å². The molecule has 3 aromatic carbocycles. The van der Waals surface area contributed by atoms with Gasteiger partial charge in [0.2, 0.25) is 0 Å². The van der Waals surface area contributed by atoms with Crippen LogP contribution in [0.1, 0.15) is 83.9 Å². The second kappa shape index (κ2) is 11.6. The molecular formula is C34H37ClN2O4. The number of hydrogen-bond donors (Lipinski definition) is 2. The Morgan fingerprint density at radius 3 is 2.44 bits per heavy atom. The Kier molecular flexibility index (Phi) is 8.14. The zero-order valence-corrected chi connectivity index (χ0v) is 25.0. The summed E-state index contributed by atoms with van der Waals surface area (Å²) >= 11 is 6.58. The molecule has 1 aliphatic rings. The molecule has 41 heavy (non-hydrogen) atoms. The Morgan fingerprint density at radius 2 is 1.76 bits per heavy atom. The summed E-state index contributed by atoms with van der Waals surface area (Å²) in [5.74, 6) is -0.0725. The van der Waals surface area contributed by atoms with Crippen LogP contribution in [0.15, 0.2) is 60.7 Å². The number of halogens is 1. The fourth-order valence-corrected chi connectivity index (χ4v) is 5.53. The normalized spacial score (nSPS) is 14.7. The van der Waals surface area contributed by atoms with Gasteiger partial charge in [0.15, 0.2) is 6.10 Å². The third-order valence-corrected chi connectivity index (χ3v) is 8.60. The second-order valence-electron chi connectivity index (χ2n) is 11.5. The van der Waals surface area contributed by atoms with Crippen LogP contribution >= 0.6 is 11.6 Å². The first-order valence-electron chi connectivity index (χ1n) is 14.2. The van der Waals surface area contributed by atoms with Crippen LogP contribution in [0.5, 0.6) is 5.75 Å². The van der Waals surface area contributed by atoms with E-state index in [-0.39, 0.29) is 17.9 Å². The van der Waals surface area contributed by atoms with Crippen LogP contribution in [0.4, 0.5) is 0 Å². The lowest BCUT2D eigenvalue weighted by Crippen LogP contribution is -2.29. The number of carboxylic acids is 1. The lowest BCUT2D eigenvalue weighted by Gasteiger charge is -2.17. The summed E-state index contributed by atoms with van der Waals surface area (Å²) < 4.78 is 8.04. The average molecular weight is 573 g/mol. The molecule has 7 heteroatoms. The highest BCUT2D eigenvalue weighted by atomic mass is 35.5. The summed E-state index contributed by atoms with van der Waals surface area (Å²) in [5, 5.41) is 14.3. The zero-order valence-electron chi connectivity index (χ0n) is 24.2. The zero-order chi connectivity index (χ0) is 29.4. The number of carboxylic acid groups (broad SMARTS) is 1. The van der Waals surface area contributed by atoms with Crippen molar-refractivity contribution in [2.75, 3.05) is 0 Å². The number of nitrogens with one attached hydrogen (secondary N) is 1. The molecule has 1 aliphatic carbocycles. The Morgan fingerprint density at radius 1 is 1.02 bits per heavy atom. The van der Waals surface area contributed by atoms with E-state index in [0.717, 1.165) is 46.1 Å². The van der Waals surface area contributed by atoms with Crippen LogP contribution in [0.3, 0.4) is 0 Å². The highest BCUT2D eigenvalue weighted by Crippen LogP contribution is 2.36. The number of hydrogen-bond acceptors (Lipinski definition) is 3. The molecule has 1 heterocycles. The fourth-order valence-electron chi connectivity index (χ4n) is 5.36. The maximum absolute atomic E-state index is 13.3. The molecule has 1 saturated carbocycles. The highest BCUT2D eigenvalue weighted by Gasteiger charge is 2.38. The lowest BCUT2D eigenvalue weighted by atomic mass is 9.98. The van der Waals surface area contributed by atoms with Crippen molar-refractivity contribution < 1.29 is 19.4 Å². The van der Waals surface area contributed by atoms with E-state index < -0.39 is 12.1 Å². The molecule has 0 unspecified atom stereocenters. The van der Waals surface area contributed by atoms with Crippen molar-refractivity contribution in [3.05, 3.63) is 99.2 Å². The van der Waals surface area contributed by atoms with Crippen molar-refractivity contribution in [2.24, 2.45) is 5.92 Å². The number of nitrogens with zero attached hydrogens (tertiary/aromatic N) is 1. The summed E-state index contributed by atoms with van der Waals surface area (Å²) in [6.45, 7) is 10.9. The fraction of sp³-hybridized carbons (Fsp3) is 0.353. The van der Waals surface area contributed by atoms with Crippen LogP contribution in [0, 0.1) is 19.8 Å². The van der Waals surface area contributed by atoms with Crippen molar-refractivity contribution in [3.8, 4) is 5.75 Å². The number of ether oxygens (including phenoxy) is 1. The Balaban J connectivity index is 1.38. The van der Waals surface area contributed by atoms with Gasteiger partial charge in [0.1, 0.15) is 5.75 Å². The molecule has 2 atom stereocenters. The SMILES string of the molecule is Cc1c(C)n(Cc2cc(O[C@@H](C(=O)O)C3CC3)ccc2Cl)c2ccc(C(=O)N[C@@H](C)c3cccc(C(C)C)c3)cc12. The van der Waals surface area contributed by atoms with Gasteiger partial charge in [0, 0.05) is 39.6 Å². The van der Waals surface area contributed by atoms with Crippen molar-refractivity contribution in [1.29, 1.82) is 0 Å². The minimum atomic E-state index is -0.940. The number of aliphatic carboxylic acids is 1. The number of amides is 1. The van der Waals surface area contributed by atoms with Crippen LogP contribution in [0.2, 0.25) is 5.02 Å². The van der Waals surface area contributed by atoms with Gasteiger partial charge in [0.25, 0.3) is 5.91 Å². The molecular weight excluding hydrogens is 536 g/mol. The van der Waals surface area contributed by atoms with Gasteiger partial charge in [-0.3, -0.25) is 4.79 Å². The molecule has 6 nitrogen and oxygen atoms in total. The Labute approximate surface area is 246 Å². The first kappa shape index (κ1) is 28.7. The number of fused-ring (bicyclic) bond motifs is 1. The first-order valence-corrected chi connectivity index (χ1v) is 14.6. The largest absolute Gasteiger partial charge is 0.478 e. The summed E-state index contributed by atoms with van der Waals surface area (Å²) in [6.07, 6.45) is 0.900. The average Bonchev–Trinajstić information content (AvgIpc) is 3.76. The Bertz CT molecular complexity index is 1620. The maximum Gasteiger partial charge on any atom is 0.345 e. The van der Waals surface area contributed by atoms with Gasteiger partial charge in [0.05, 0.1) is 6.04 Å². The number of aromatic nitrogens is 1. The van der Waals surface area contributed by atoms with E-state index >= 15 is 0 Å². The van der Waals surface area contributed by atoms with Crippen LogP contribution < -0.4 is 10.1 Å². The summed E-state index contributed by atoms with van der Waals surface area (Å²) in [4.78, 5) is 24.9. The molecule has 1 fully saturated rings. The molecule has 0 aliphatic heterocycles. The van der Waals surface area contributed by atoms with E-state index in [2.05, 4.69) is 49.7 Å². The summed E-state index contributed by atoms with van der Waals surface area (Å²) in [5.41, 5.74) is 6.94. The monoisotopic (exact) mass is 572 g/mol. The number of carbonyl (C=O) groups is 2. The van der Waals surface area contributed by atoms with E-state index in [9.17, 15) is 14.7 Å². The molecule has 214 valence electrons. The molecule has 0 spiro atoms. The third-order valence-electron chi connectivity index (χ3n) is 8.23. The second-order valence-corrected chi connectivity index (χ2v) is 11.9. The Hall–Kier alpha value is -3.77. The minimum absolute atomic E-state index is 0.0597. The van der Waals surface area contributed by atoms with Gasteiger partial charge >= 0.3 is 5.97 Å². The quantitative estimate of drug-likeness (QED) is 0.203. The molecule has 5 rings (SSSR count). The smallest absolute Gasteiger partial charge is 0.345 e. The van der Waals surface area contributed by atoms with Gasteiger partial charge < -0.3 is 19.7 Å². The predicted octanol–water partition coefficient (Wildman–Crippen LogP) is 7.82. The number of rotatable bonds is 10. The van der Waals surface area contributed by atoms with E-state index in [1.807, 2.05) is 43.3 Å².